The van der Waals surface area contributed by atoms with Crippen LogP contribution in [-0.4, -0.2) is 35.6 Å². The Morgan fingerprint density at radius 2 is 1.75 bits per heavy atom. The molecule has 0 aliphatic rings. The minimum Gasteiger partial charge on any atom is -0.493 e. The highest BCUT2D eigenvalue weighted by molar-refractivity contribution is 5.97. The lowest BCUT2D eigenvalue weighted by Gasteiger charge is -2.29. The Morgan fingerprint density at radius 1 is 1.12 bits per heavy atom. The molecule has 0 spiro atoms. The highest BCUT2D eigenvalue weighted by Gasteiger charge is 2.26. The fourth-order valence-corrected chi connectivity index (χ4v) is 2.50. The molecule has 0 radical (unpaired) electrons. The maximum atomic E-state index is 12.8. The van der Waals surface area contributed by atoms with Gasteiger partial charge in [0, 0.05) is 7.05 Å². The fraction of sp³-hybridized carbons (Fsp3) is 0.350. The molecule has 2 rings (SSSR count). The quantitative estimate of drug-likeness (QED) is 0.844. The molecule has 0 heterocycles. The van der Waals surface area contributed by atoms with Gasteiger partial charge < -0.3 is 14.7 Å². The molecule has 2 unspecified atom stereocenters. The molecule has 4 heteroatoms. The van der Waals surface area contributed by atoms with Gasteiger partial charge in [-0.15, -0.1) is 0 Å². The van der Waals surface area contributed by atoms with Crippen molar-refractivity contribution in [3.63, 3.8) is 0 Å². The number of benzene rings is 2. The third-order valence-corrected chi connectivity index (χ3v) is 4.11. The summed E-state index contributed by atoms with van der Waals surface area (Å²) in [6.07, 6.45) is 0.130. The molecule has 0 aliphatic heterocycles. The van der Waals surface area contributed by atoms with Crippen molar-refractivity contribution < 1.29 is 14.6 Å². The Morgan fingerprint density at radius 3 is 2.42 bits per heavy atom. The van der Waals surface area contributed by atoms with Gasteiger partial charge in [-0.3, -0.25) is 4.79 Å². The standard InChI is InChI=1S/C20H25NO3/c1-4-14-24-18-13-9-8-12-17(18)20(23)21(3)15(2)19(22)16-10-6-5-7-11-16/h5-13,15,19,22H,4,14H2,1-3H3. The number of para-hydroxylation sites is 1. The number of carbonyl (C=O) groups is 1. The van der Waals surface area contributed by atoms with Crippen LogP contribution in [0.3, 0.4) is 0 Å². The molecule has 0 saturated carbocycles. The maximum Gasteiger partial charge on any atom is 0.257 e. The zero-order valence-corrected chi connectivity index (χ0v) is 14.5. The number of likely N-dealkylation sites (N-methyl/N-ethyl adjacent to an activating group) is 1. The molecule has 1 N–H and O–H groups in total. The van der Waals surface area contributed by atoms with Crippen LogP contribution in [0, 0.1) is 0 Å². The largest absolute Gasteiger partial charge is 0.493 e. The summed E-state index contributed by atoms with van der Waals surface area (Å²) in [5.74, 6) is 0.418. The van der Waals surface area contributed by atoms with Crippen molar-refractivity contribution in [2.75, 3.05) is 13.7 Å². The Hall–Kier alpha value is -2.33. The first-order valence-electron chi connectivity index (χ1n) is 8.28. The summed E-state index contributed by atoms with van der Waals surface area (Å²) < 4.78 is 5.67. The molecule has 2 aromatic carbocycles. The number of ether oxygens (including phenoxy) is 1. The number of aliphatic hydroxyl groups excluding tert-OH is 1. The third-order valence-electron chi connectivity index (χ3n) is 4.11. The number of nitrogens with zero attached hydrogens (tertiary/aromatic N) is 1. The molecule has 0 bridgehead atoms. The lowest BCUT2D eigenvalue weighted by atomic mass is 10.0. The first-order chi connectivity index (χ1) is 11.6. The van der Waals surface area contributed by atoms with E-state index < -0.39 is 6.10 Å². The SMILES string of the molecule is CCCOc1ccccc1C(=O)N(C)C(C)C(O)c1ccccc1. The van der Waals surface area contributed by atoms with Crippen molar-refractivity contribution >= 4 is 5.91 Å². The molecule has 4 nitrogen and oxygen atoms in total. The predicted octanol–water partition coefficient (Wildman–Crippen LogP) is 3.67. The summed E-state index contributed by atoms with van der Waals surface area (Å²) in [6, 6.07) is 16.2. The first kappa shape index (κ1) is 18.0. The van der Waals surface area contributed by atoms with Gasteiger partial charge in [0.25, 0.3) is 5.91 Å². The van der Waals surface area contributed by atoms with E-state index in [2.05, 4.69) is 0 Å². The second kappa shape index (κ2) is 8.50. The summed E-state index contributed by atoms with van der Waals surface area (Å²) in [6.45, 7) is 4.43. The van der Waals surface area contributed by atoms with E-state index in [0.717, 1.165) is 12.0 Å². The van der Waals surface area contributed by atoms with E-state index in [-0.39, 0.29) is 11.9 Å². The van der Waals surface area contributed by atoms with Crippen molar-refractivity contribution in [1.29, 1.82) is 0 Å². The molecule has 0 fully saturated rings. The van der Waals surface area contributed by atoms with Gasteiger partial charge >= 0.3 is 0 Å². The number of amides is 1. The van der Waals surface area contributed by atoms with Crippen LogP contribution in [0.15, 0.2) is 54.6 Å². The van der Waals surface area contributed by atoms with Crippen molar-refractivity contribution in [1.82, 2.24) is 4.90 Å². The summed E-state index contributed by atoms with van der Waals surface area (Å²) >= 11 is 0. The number of rotatable bonds is 7. The van der Waals surface area contributed by atoms with Gasteiger partial charge in [0.05, 0.1) is 24.3 Å². The molecule has 2 atom stereocenters. The minimum absolute atomic E-state index is 0.163. The number of hydrogen-bond acceptors (Lipinski definition) is 3. The number of aliphatic hydroxyl groups is 1. The monoisotopic (exact) mass is 327 g/mol. The summed E-state index contributed by atoms with van der Waals surface area (Å²) in [7, 11) is 1.70. The summed E-state index contributed by atoms with van der Waals surface area (Å²) in [4.78, 5) is 14.4. The second-order valence-corrected chi connectivity index (χ2v) is 5.86. The van der Waals surface area contributed by atoms with Gasteiger partial charge in [-0.05, 0) is 31.0 Å². The van der Waals surface area contributed by atoms with E-state index in [4.69, 9.17) is 4.74 Å². The van der Waals surface area contributed by atoms with Crippen molar-refractivity contribution in [3.8, 4) is 5.75 Å². The van der Waals surface area contributed by atoms with Gasteiger partial charge in [0.2, 0.25) is 0 Å². The lowest BCUT2D eigenvalue weighted by Crippen LogP contribution is -2.39. The van der Waals surface area contributed by atoms with Crippen molar-refractivity contribution in [2.45, 2.75) is 32.4 Å². The van der Waals surface area contributed by atoms with Gasteiger partial charge in [-0.1, -0.05) is 49.4 Å². The molecule has 1 amide bonds. The zero-order valence-electron chi connectivity index (χ0n) is 14.5. The van der Waals surface area contributed by atoms with Crippen LogP contribution in [0.5, 0.6) is 5.75 Å². The Kier molecular flexibility index (Phi) is 6.38. The summed E-state index contributed by atoms with van der Waals surface area (Å²) in [5, 5.41) is 10.5. The number of hydrogen-bond donors (Lipinski definition) is 1. The molecule has 24 heavy (non-hydrogen) atoms. The molecule has 0 aromatic heterocycles. The van der Waals surface area contributed by atoms with E-state index in [9.17, 15) is 9.90 Å². The molecular formula is C20H25NO3. The molecule has 0 saturated heterocycles. The maximum absolute atomic E-state index is 12.8. The molecular weight excluding hydrogens is 302 g/mol. The van der Waals surface area contributed by atoms with Gasteiger partial charge in [-0.25, -0.2) is 0 Å². The van der Waals surface area contributed by atoms with Crippen molar-refractivity contribution in [3.05, 3.63) is 65.7 Å². The van der Waals surface area contributed by atoms with E-state index in [1.54, 1.807) is 24.1 Å². The van der Waals surface area contributed by atoms with E-state index in [1.807, 2.05) is 56.3 Å². The molecule has 0 aliphatic carbocycles. The average molecular weight is 327 g/mol. The van der Waals surface area contributed by atoms with Crippen LogP contribution < -0.4 is 4.74 Å². The smallest absolute Gasteiger partial charge is 0.257 e. The van der Waals surface area contributed by atoms with Gasteiger partial charge in [0.15, 0.2) is 0 Å². The molecule has 2 aromatic rings. The molecule has 128 valence electrons. The van der Waals surface area contributed by atoms with Crippen LogP contribution in [0.4, 0.5) is 0 Å². The van der Waals surface area contributed by atoms with Gasteiger partial charge in [-0.2, -0.15) is 0 Å². The Labute approximate surface area is 143 Å². The van der Waals surface area contributed by atoms with Crippen LogP contribution in [0.25, 0.3) is 0 Å². The van der Waals surface area contributed by atoms with Crippen LogP contribution >= 0.6 is 0 Å². The number of carbonyl (C=O) groups excluding carboxylic acids is 1. The van der Waals surface area contributed by atoms with Crippen LogP contribution in [0.1, 0.15) is 42.3 Å². The van der Waals surface area contributed by atoms with Gasteiger partial charge in [0.1, 0.15) is 5.75 Å². The van der Waals surface area contributed by atoms with E-state index >= 15 is 0 Å². The zero-order chi connectivity index (χ0) is 17.5. The lowest BCUT2D eigenvalue weighted by molar-refractivity contribution is 0.0483. The highest BCUT2D eigenvalue weighted by atomic mass is 16.5. The fourth-order valence-electron chi connectivity index (χ4n) is 2.50. The van der Waals surface area contributed by atoms with E-state index in [1.165, 1.54) is 0 Å². The summed E-state index contributed by atoms with van der Waals surface area (Å²) in [5.41, 5.74) is 1.31. The van der Waals surface area contributed by atoms with Crippen molar-refractivity contribution in [2.24, 2.45) is 0 Å². The Balaban J connectivity index is 2.17. The van der Waals surface area contributed by atoms with Crippen LogP contribution in [-0.2, 0) is 0 Å². The average Bonchev–Trinajstić information content (AvgIpc) is 2.64. The highest BCUT2D eigenvalue weighted by Crippen LogP contribution is 2.24. The third kappa shape index (κ3) is 4.15. The topological polar surface area (TPSA) is 49.8 Å². The first-order valence-corrected chi connectivity index (χ1v) is 8.28. The van der Waals surface area contributed by atoms with E-state index in [0.29, 0.717) is 17.9 Å². The second-order valence-electron chi connectivity index (χ2n) is 5.86. The normalized spacial score (nSPS) is 13.2. The van der Waals surface area contributed by atoms with Crippen LogP contribution in [0.2, 0.25) is 0 Å². The predicted molar refractivity (Wildman–Crippen MR) is 95.2 cm³/mol. The Bertz CT molecular complexity index is 657. The minimum atomic E-state index is -0.746.